The normalized spacial score (nSPS) is 16.8. The molecule has 0 aliphatic carbocycles. The molecular weight excluding hydrogens is 492 g/mol. The van der Waals surface area contributed by atoms with Crippen molar-refractivity contribution in [2.24, 2.45) is 4.99 Å². The number of anilines is 1. The zero-order valence-corrected chi connectivity index (χ0v) is 22.6. The van der Waals surface area contributed by atoms with Crippen LogP contribution < -0.4 is 23.8 Å². The zero-order valence-electron chi connectivity index (χ0n) is 22.6. The fraction of sp³-hybridized carbons (Fsp3) is 0.219. The minimum Gasteiger partial charge on any atom is -0.496 e. The second-order valence-corrected chi connectivity index (χ2v) is 8.89. The highest BCUT2D eigenvalue weighted by molar-refractivity contribution is 5.96. The smallest absolute Gasteiger partial charge is 0.212 e. The summed E-state index contributed by atoms with van der Waals surface area (Å²) in [7, 11) is 6.64. The summed E-state index contributed by atoms with van der Waals surface area (Å²) >= 11 is 0. The Morgan fingerprint density at radius 2 is 1.38 bits per heavy atom. The minimum atomic E-state index is -0.281. The number of nitrogens with zero attached hydrogens (tertiary/aromatic N) is 2. The van der Waals surface area contributed by atoms with E-state index in [0.29, 0.717) is 30.5 Å². The second-order valence-electron chi connectivity index (χ2n) is 8.89. The van der Waals surface area contributed by atoms with Crippen molar-refractivity contribution >= 4 is 23.2 Å². The number of hydrogen-bond donors (Lipinski definition) is 0. The third kappa shape index (κ3) is 5.21. The lowest BCUT2D eigenvalue weighted by Gasteiger charge is -2.35. The van der Waals surface area contributed by atoms with Crippen molar-refractivity contribution in [1.29, 1.82) is 0 Å². The number of hydrogen-bond acceptors (Lipinski definition) is 7. The van der Waals surface area contributed by atoms with Crippen LogP contribution in [-0.2, 0) is 4.74 Å². The molecule has 3 aromatic rings. The molecule has 0 spiro atoms. The largest absolute Gasteiger partial charge is 0.496 e. The summed E-state index contributed by atoms with van der Waals surface area (Å²) in [5.74, 6) is 3.54. The topological polar surface area (TPSA) is 61.8 Å². The van der Waals surface area contributed by atoms with Crippen LogP contribution in [0.15, 0.2) is 95.6 Å². The predicted octanol–water partition coefficient (Wildman–Crippen LogP) is 6.02. The Kier molecular flexibility index (Phi) is 7.87. The summed E-state index contributed by atoms with van der Waals surface area (Å²) in [4.78, 5) is 6.91. The van der Waals surface area contributed by atoms with Crippen LogP contribution in [0.2, 0.25) is 0 Å². The van der Waals surface area contributed by atoms with Crippen LogP contribution >= 0.6 is 0 Å². The van der Waals surface area contributed by atoms with E-state index in [1.165, 1.54) is 0 Å². The van der Waals surface area contributed by atoms with Gasteiger partial charge >= 0.3 is 0 Å². The van der Waals surface area contributed by atoms with Gasteiger partial charge in [0.1, 0.15) is 35.6 Å². The van der Waals surface area contributed by atoms with Crippen LogP contribution in [0.4, 0.5) is 5.69 Å². The van der Waals surface area contributed by atoms with Crippen molar-refractivity contribution in [2.75, 3.05) is 46.5 Å². The highest BCUT2D eigenvalue weighted by Crippen LogP contribution is 2.41. The van der Waals surface area contributed by atoms with Gasteiger partial charge in [0, 0.05) is 17.5 Å². The average molecular weight is 525 g/mol. The molecule has 0 saturated carbocycles. The van der Waals surface area contributed by atoms with E-state index in [1.54, 1.807) is 28.4 Å². The molecule has 0 radical (unpaired) electrons. The molecule has 0 N–H and O–H groups in total. The van der Waals surface area contributed by atoms with Gasteiger partial charge in [0.2, 0.25) is 5.90 Å². The maximum Gasteiger partial charge on any atom is 0.212 e. The standard InChI is InChI=1S/C32H32N2O5/c1-35-26-12-8-13-27(36-2)25(26)17-16-22-20-23(30-28(37-3)14-9-15-29(30)38-4)21-34(24-10-6-5-7-11-24)31(22)32-33-18-19-39-32/h5-17,20-21,31H,18-19H2,1-4H3. The molecule has 1 atom stereocenters. The van der Waals surface area contributed by atoms with Crippen molar-refractivity contribution in [3.63, 3.8) is 0 Å². The van der Waals surface area contributed by atoms with Gasteiger partial charge < -0.3 is 28.6 Å². The molecule has 0 bridgehead atoms. The lowest BCUT2D eigenvalue weighted by molar-refractivity contribution is 0.336. The third-order valence-electron chi connectivity index (χ3n) is 6.72. The number of methoxy groups -OCH3 is 4. The maximum atomic E-state index is 6.05. The van der Waals surface area contributed by atoms with Crippen molar-refractivity contribution in [3.8, 4) is 23.0 Å². The molecule has 39 heavy (non-hydrogen) atoms. The third-order valence-corrected chi connectivity index (χ3v) is 6.72. The Labute approximate surface area is 229 Å². The van der Waals surface area contributed by atoms with E-state index in [-0.39, 0.29) is 6.04 Å². The van der Waals surface area contributed by atoms with E-state index >= 15 is 0 Å². The van der Waals surface area contributed by atoms with Crippen molar-refractivity contribution in [3.05, 3.63) is 102 Å². The number of allylic oxidation sites excluding steroid dienone is 2. The van der Waals surface area contributed by atoms with Crippen LogP contribution in [0, 0.1) is 0 Å². The first-order valence-electron chi connectivity index (χ1n) is 12.7. The summed E-state index contributed by atoms with van der Waals surface area (Å²) in [5.41, 5.74) is 4.60. The molecule has 2 aliphatic heterocycles. The molecule has 0 amide bonds. The van der Waals surface area contributed by atoms with Crippen molar-refractivity contribution in [2.45, 2.75) is 6.04 Å². The molecule has 0 fully saturated rings. The van der Waals surface area contributed by atoms with Gasteiger partial charge in [-0.25, -0.2) is 4.99 Å². The predicted molar refractivity (Wildman–Crippen MR) is 155 cm³/mol. The molecule has 5 rings (SSSR count). The molecule has 7 heteroatoms. The number of para-hydroxylation sites is 1. The Morgan fingerprint density at radius 3 is 1.95 bits per heavy atom. The van der Waals surface area contributed by atoms with Crippen LogP contribution in [0.3, 0.4) is 0 Å². The van der Waals surface area contributed by atoms with Gasteiger partial charge in [0.15, 0.2) is 0 Å². The quantitative estimate of drug-likeness (QED) is 0.341. The monoisotopic (exact) mass is 524 g/mol. The summed E-state index contributed by atoms with van der Waals surface area (Å²) in [6.45, 7) is 1.19. The molecule has 1 unspecified atom stereocenters. The minimum absolute atomic E-state index is 0.281. The highest BCUT2D eigenvalue weighted by Gasteiger charge is 2.33. The fourth-order valence-electron chi connectivity index (χ4n) is 4.92. The summed E-state index contributed by atoms with van der Waals surface area (Å²) in [6.07, 6.45) is 8.32. The highest BCUT2D eigenvalue weighted by atomic mass is 16.5. The summed E-state index contributed by atoms with van der Waals surface area (Å²) < 4.78 is 28.9. The molecule has 0 aromatic heterocycles. The first kappa shape index (κ1) is 26.0. The number of benzene rings is 3. The van der Waals surface area contributed by atoms with Gasteiger partial charge in [-0.15, -0.1) is 0 Å². The Bertz CT molecular complexity index is 1400. The molecule has 0 saturated heterocycles. The van der Waals surface area contributed by atoms with Crippen LogP contribution in [0.1, 0.15) is 11.1 Å². The maximum absolute atomic E-state index is 6.05. The van der Waals surface area contributed by atoms with E-state index in [1.807, 2.05) is 60.7 Å². The first-order valence-corrected chi connectivity index (χ1v) is 12.7. The molecule has 7 nitrogen and oxygen atoms in total. The second kappa shape index (κ2) is 11.8. The molecule has 2 aliphatic rings. The van der Waals surface area contributed by atoms with E-state index < -0.39 is 0 Å². The summed E-state index contributed by atoms with van der Waals surface area (Å²) in [6, 6.07) is 21.4. The molecular formula is C32H32N2O5. The molecule has 3 aromatic carbocycles. The fourth-order valence-corrected chi connectivity index (χ4v) is 4.92. The van der Waals surface area contributed by atoms with Crippen LogP contribution in [-0.4, -0.2) is 53.5 Å². The van der Waals surface area contributed by atoms with Crippen molar-refractivity contribution in [1.82, 2.24) is 0 Å². The lowest BCUT2D eigenvalue weighted by Crippen LogP contribution is -2.41. The van der Waals surface area contributed by atoms with Gasteiger partial charge in [-0.05, 0) is 54.1 Å². The van der Waals surface area contributed by atoms with Gasteiger partial charge in [0.05, 0.1) is 46.1 Å². The molecule has 2 heterocycles. The van der Waals surface area contributed by atoms with E-state index in [2.05, 4.69) is 35.4 Å². The number of ether oxygens (including phenoxy) is 5. The van der Waals surface area contributed by atoms with Gasteiger partial charge in [-0.1, -0.05) is 36.4 Å². The van der Waals surface area contributed by atoms with Crippen molar-refractivity contribution < 1.29 is 23.7 Å². The first-order chi connectivity index (χ1) is 19.2. The van der Waals surface area contributed by atoms with Crippen LogP contribution in [0.5, 0.6) is 23.0 Å². The van der Waals surface area contributed by atoms with Gasteiger partial charge in [0.25, 0.3) is 0 Å². The molecule has 200 valence electrons. The Morgan fingerprint density at radius 1 is 0.769 bits per heavy atom. The number of aliphatic imine (C=N–C) groups is 1. The zero-order chi connectivity index (χ0) is 27.2. The van der Waals surface area contributed by atoms with E-state index in [4.69, 9.17) is 28.7 Å². The lowest BCUT2D eigenvalue weighted by atomic mass is 9.92. The summed E-state index contributed by atoms with van der Waals surface area (Å²) in [5, 5.41) is 0. The Hall–Kier alpha value is -4.65. The number of rotatable bonds is 9. The van der Waals surface area contributed by atoms with E-state index in [0.717, 1.165) is 39.5 Å². The van der Waals surface area contributed by atoms with Gasteiger partial charge in [-0.2, -0.15) is 0 Å². The Balaban J connectivity index is 1.72. The van der Waals surface area contributed by atoms with Gasteiger partial charge in [-0.3, -0.25) is 0 Å². The van der Waals surface area contributed by atoms with E-state index in [9.17, 15) is 0 Å². The van der Waals surface area contributed by atoms with Crippen LogP contribution in [0.25, 0.3) is 11.6 Å². The average Bonchev–Trinajstić information content (AvgIpc) is 3.54. The SMILES string of the molecule is COc1cccc(OC)c1C=CC1=CC(c2c(OC)cccc2OC)=CN(c2ccccc2)C1C1=NCCO1.